The van der Waals surface area contributed by atoms with Gasteiger partial charge in [-0.2, -0.15) is 0 Å². The second kappa shape index (κ2) is 10.4. The Morgan fingerprint density at radius 2 is 1.82 bits per heavy atom. The summed E-state index contributed by atoms with van der Waals surface area (Å²) in [7, 11) is 0. The molecule has 2 amide bonds. The SMILES string of the molecule is O=C1S/C(=C\c2ccc(OCc3ccc(Cl)cc3)c(Br)c2)C(=O)N1Cc1ccccc1[N+](=O)[O-]. The molecule has 10 heteroatoms. The molecule has 1 aliphatic rings. The highest BCUT2D eigenvalue weighted by molar-refractivity contribution is 9.10. The van der Waals surface area contributed by atoms with E-state index in [4.69, 9.17) is 16.3 Å². The van der Waals surface area contributed by atoms with E-state index in [9.17, 15) is 19.7 Å². The van der Waals surface area contributed by atoms with Crippen LogP contribution < -0.4 is 4.74 Å². The Labute approximate surface area is 212 Å². The van der Waals surface area contributed by atoms with Crippen molar-refractivity contribution in [3.8, 4) is 5.75 Å². The van der Waals surface area contributed by atoms with Crippen LogP contribution in [0.3, 0.4) is 0 Å². The van der Waals surface area contributed by atoms with E-state index in [1.54, 1.807) is 42.5 Å². The molecule has 0 bridgehead atoms. The van der Waals surface area contributed by atoms with Crippen molar-refractivity contribution in [1.82, 2.24) is 4.90 Å². The van der Waals surface area contributed by atoms with Crippen LogP contribution in [-0.2, 0) is 17.9 Å². The van der Waals surface area contributed by atoms with Crippen LogP contribution in [0.15, 0.2) is 76.1 Å². The summed E-state index contributed by atoms with van der Waals surface area (Å²) in [6, 6.07) is 18.7. The van der Waals surface area contributed by atoms with E-state index in [1.165, 1.54) is 18.2 Å². The Hall–Kier alpha value is -3.14. The van der Waals surface area contributed by atoms with Crippen molar-refractivity contribution in [3.05, 3.63) is 108 Å². The van der Waals surface area contributed by atoms with Crippen molar-refractivity contribution >= 4 is 62.2 Å². The average Bonchev–Trinajstić information content (AvgIpc) is 3.07. The van der Waals surface area contributed by atoms with Gasteiger partial charge in [-0.25, -0.2) is 0 Å². The van der Waals surface area contributed by atoms with Crippen LogP contribution >= 0.6 is 39.3 Å². The molecule has 0 atom stereocenters. The van der Waals surface area contributed by atoms with E-state index in [2.05, 4.69) is 15.9 Å². The number of carbonyl (C=O) groups excluding carboxylic acids is 2. The van der Waals surface area contributed by atoms with Crippen molar-refractivity contribution in [2.45, 2.75) is 13.2 Å². The summed E-state index contributed by atoms with van der Waals surface area (Å²) in [6.45, 7) is 0.194. The number of rotatable bonds is 7. The summed E-state index contributed by atoms with van der Waals surface area (Å²) in [5.41, 5.74) is 1.82. The molecule has 0 spiro atoms. The summed E-state index contributed by atoms with van der Waals surface area (Å²) >= 11 is 10.2. The number of hydrogen-bond donors (Lipinski definition) is 0. The lowest BCUT2D eigenvalue weighted by atomic mass is 10.1. The predicted molar refractivity (Wildman–Crippen MR) is 135 cm³/mol. The van der Waals surface area contributed by atoms with E-state index >= 15 is 0 Å². The zero-order valence-electron chi connectivity index (χ0n) is 17.4. The number of carbonyl (C=O) groups is 2. The average molecular weight is 560 g/mol. The Balaban J connectivity index is 1.47. The normalized spacial score (nSPS) is 14.6. The van der Waals surface area contributed by atoms with Crippen LogP contribution in [0.25, 0.3) is 6.08 Å². The zero-order chi connectivity index (χ0) is 24.2. The molecule has 1 fully saturated rings. The maximum absolute atomic E-state index is 12.8. The molecule has 4 rings (SSSR count). The number of imide groups is 1. The highest BCUT2D eigenvalue weighted by atomic mass is 79.9. The van der Waals surface area contributed by atoms with Crippen molar-refractivity contribution in [2.24, 2.45) is 0 Å². The van der Waals surface area contributed by atoms with Gasteiger partial charge in [-0.3, -0.25) is 24.6 Å². The number of halogens is 2. The van der Waals surface area contributed by atoms with Gasteiger partial charge in [-0.15, -0.1) is 0 Å². The smallest absolute Gasteiger partial charge is 0.293 e. The quantitative estimate of drug-likeness (QED) is 0.179. The van der Waals surface area contributed by atoms with Crippen molar-refractivity contribution < 1.29 is 19.2 Å². The summed E-state index contributed by atoms with van der Waals surface area (Å²) in [5.74, 6) is 0.129. The fourth-order valence-electron chi connectivity index (χ4n) is 3.25. The predicted octanol–water partition coefficient (Wildman–Crippen LogP) is 6.83. The van der Waals surface area contributed by atoms with Crippen LogP contribution in [0.4, 0.5) is 10.5 Å². The van der Waals surface area contributed by atoms with Gasteiger partial charge in [0.1, 0.15) is 12.4 Å². The second-order valence-electron chi connectivity index (χ2n) is 7.26. The lowest BCUT2D eigenvalue weighted by Crippen LogP contribution is -2.27. The number of nitrogens with zero attached hydrogens (tertiary/aromatic N) is 2. The Morgan fingerprint density at radius 3 is 2.53 bits per heavy atom. The molecular weight excluding hydrogens is 544 g/mol. The van der Waals surface area contributed by atoms with Crippen LogP contribution in [0.2, 0.25) is 5.02 Å². The van der Waals surface area contributed by atoms with Crippen molar-refractivity contribution in [1.29, 1.82) is 0 Å². The number of amides is 2. The standard InChI is InChI=1S/C24H16BrClN2O5S/c25-19-11-16(7-10-21(19)33-14-15-5-8-18(26)9-6-15)12-22-23(29)27(24(30)34-22)13-17-3-1-2-4-20(17)28(31)32/h1-12H,13-14H2/b22-12-. The largest absolute Gasteiger partial charge is 0.488 e. The topological polar surface area (TPSA) is 89.8 Å². The number of benzene rings is 3. The molecular formula is C24H16BrClN2O5S. The highest BCUT2D eigenvalue weighted by Crippen LogP contribution is 2.35. The number of nitro groups is 1. The molecule has 7 nitrogen and oxygen atoms in total. The van der Waals surface area contributed by atoms with Crippen LogP contribution in [0.1, 0.15) is 16.7 Å². The van der Waals surface area contributed by atoms with E-state index in [0.29, 0.717) is 33.0 Å². The first-order valence-corrected chi connectivity index (χ1v) is 11.9. The van der Waals surface area contributed by atoms with Gasteiger partial charge in [-0.05, 0) is 69.2 Å². The third-order valence-corrected chi connectivity index (χ3v) is 6.73. The van der Waals surface area contributed by atoms with Crippen molar-refractivity contribution in [3.63, 3.8) is 0 Å². The molecule has 3 aromatic rings. The van der Waals surface area contributed by atoms with Gasteiger partial charge in [0.15, 0.2) is 0 Å². The van der Waals surface area contributed by atoms with Gasteiger partial charge < -0.3 is 4.74 Å². The number of hydrogen-bond acceptors (Lipinski definition) is 6. The minimum atomic E-state index is -0.529. The van der Waals surface area contributed by atoms with Gasteiger partial charge in [-0.1, -0.05) is 48.0 Å². The van der Waals surface area contributed by atoms with Crippen LogP contribution in [0.5, 0.6) is 5.75 Å². The molecule has 34 heavy (non-hydrogen) atoms. The highest BCUT2D eigenvalue weighted by Gasteiger charge is 2.36. The molecule has 0 aromatic heterocycles. The van der Waals surface area contributed by atoms with Gasteiger partial charge in [0.25, 0.3) is 16.8 Å². The maximum Gasteiger partial charge on any atom is 0.293 e. The molecule has 0 radical (unpaired) electrons. The van der Waals surface area contributed by atoms with Crippen LogP contribution in [-0.4, -0.2) is 21.0 Å². The number of ether oxygens (including phenoxy) is 1. The second-order valence-corrected chi connectivity index (χ2v) is 9.54. The number of nitro benzene ring substituents is 1. The Bertz CT molecular complexity index is 1310. The number of thioether (sulfide) groups is 1. The third kappa shape index (κ3) is 5.49. The van der Waals surface area contributed by atoms with Crippen LogP contribution in [0, 0.1) is 10.1 Å². The molecule has 3 aromatic carbocycles. The van der Waals surface area contributed by atoms with Gasteiger partial charge >= 0.3 is 0 Å². The molecule has 0 saturated carbocycles. The molecule has 0 N–H and O–H groups in total. The third-order valence-electron chi connectivity index (χ3n) is 4.95. The minimum Gasteiger partial charge on any atom is -0.488 e. The molecule has 172 valence electrons. The van der Waals surface area contributed by atoms with Gasteiger partial charge in [0.05, 0.1) is 20.8 Å². The Morgan fingerprint density at radius 1 is 1.09 bits per heavy atom. The summed E-state index contributed by atoms with van der Waals surface area (Å²) in [5, 5.41) is 11.4. The first-order chi connectivity index (χ1) is 16.3. The van der Waals surface area contributed by atoms with E-state index < -0.39 is 16.1 Å². The molecule has 0 aliphatic carbocycles. The monoisotopic (exact) mass is 558 g/mol. The fourth-order valence-corrected chi connectivity index (χ4v) is 4.72. The van der Waals surface area contributed by atoms with Crippen molar-refractivity contribution in [2.75, 3.05) is 0 Å². The first kappa shape index (κ1) is 24.0. The summed E-state index contributed by atoms with van der Waals surface area (Å²) in [4.78, 5) is 37.3. The van der Waals surface area contributed by atoms with Gasteiger partial charge in [0.2, 0.25) is 0 Å². The summed E-state index contributed by atoms with van der Waals surface area (Å²) in [6.07, 6.45) is 1.61. The van der Waals surface area contributed by atoms with E-state index in [0.717, 1.165) is 22.2 Å². The Kier molecular flexibility index (Phi) is 7.35. The fraction of sp³-hybridized carbons (Fsp3) is 0.0833. The number of para-hydroxylation sites is 1. The lowest BCUT2D eigenvalue weighted by Gasteiger charge is -2.12. The maximum atomic E-state index is 12.8. The molecule has 1 heterocycles. The molecule has 0 unspecified atom stereocenters. The summed E-state index contributed by atoms with van der Waals surface area (Å²) < 4.78 is 6.53. The van der Waals surface area contributed by atoms with Gasteiger partial charge in [0, 0.05) is 16.7 Å². The van der Waals surface area contributed by atoms with E-state index in [-0.39, 0.29) is 17.1 Å². The van der Waals surface area contributed by atoms with E-state index in [1.807, 2.05) is 12.1 Å². The molecule has 1 aliphatic heterocycles. The first-order valence-electron chi connectivity index (χ1n) is 9.96. The zero-order valence-corrected chi connectivity index (χ0v) is 20.6. The lowest BCUT2D eigenvalue weighted by molar-refractivity contribution is -0.385. The minimum absolute atomic E-state index is 0.136. The molecule has 1 saturated heterocycles.